The highest BCUT2D eigenvalue weighted by molar-refractivity contribution is 5.93. The fourth-order valence-electron chi connectivity index (χ4n) is 1.65. The molecule has 5 nitrogen and oxygen atoms in total. The molecule has 1 aromatic carbocycles. The zero-order chi connectivity index (χ0) is 14.5. The molecule has 0 aliphatic carbocycles. The summed E-state index contributed by atoms with van der Waals surface area (Å²) < 4.78 is 12.8. The molecule has 2 rings (SSSR count). The number of halogens is 2. The number of carbonyl (C=O) groups excluding carboxylic acids is 1. The Hall–Kier alpha value is -1.92. The van der Waals surface area contributed by atoms with Crippen LogP contribution in [0.25, 0.3) is 11.3 Å². The number of hydrogen-bond acceptors (Lipinski definition) is 3. The molecule has 21 heavy (non-hydrogen) atoms. The Kier molecular flexibility index (Phi) is 6.33. The number of nitrogens with two attached hydrogens (primary N) is 1. The standard InChI is InChI=1S/C14H17FN4O.ClH/c1-9(7-16)8-17-14(20)13-6-12(18-19-13)10-2-4-11(15)5-3-10;/h2-6,9H,7-8,16H2,1H3,(H,17,20)(H,18,19);1H. The molecule has 114 valence electrons. The normalized spacial score (nSPS) is 11.6. The van der Waals surface area contributed by atoms with Crippen molar-refractivity contribution in [3.05, 3.63) is 41.8 Å². The van der Waals surface area contributed by atoms with Crippen LogP contribution in [0.4, 0.5) is 4.39 Å². The molecule has 1 aromatic heterocycles. The molecular formula is C14H18ClFN4O. The second-order valence-corrected chi connectivity index (χ2v) is 4.72. The highest BCUT2D eigenvalue weighted by atomic mass is 35.5. The largest absolute Gasteiger partial charge is 0.350 e. The first-order chi connectivity index (χ1) is 9.60. The molecule has 2 aromatic rings. The minimum atomic E-state index is -0.307. The fourth-order valence-corrected chi connectivity index (χ4v) is 1.65. The predicted octanol–water partition coefficient (Wildman–Crippen LogP) is 1.96. The number of carbonyl (C=O) groups is 1. The Morgan fingerprint density at radius 2 is 2.10 bits per heavy atom. The molecule has 0 radical (unpaired) electrons. The van der Waals surface area contributed by atoms with Crippen molar-refractivity contribution in [2.45, 2.75) is 6.92 Å². The summed E-state index contributed by atoms with van der Waals surface area (Å²) in [6, 6.07) is 7.57. The number of aromatic amines is 1. The SMILES string of the molecule is CC(CN)CNC(=O)c1cc(-c2ccc(F)cc2)n[nH]1.Cl. The maximum atomic E-state index is 12.8. The van der Waals surface area contributed by atoms with Crippen molar-refractivity contribution >= 4 is 18.3 Å². The van der Waals surface area contributed by atoms with Gasteiger partial charge in [0.2, 0.25) is 0 Å². The first-order valence-electron chi connectivity index (χ1n) is 6.39. The number of aromatic nitrogens is 2. The van der Waals surface area contributed by atoms with E-state index >= 15 is 0 Å². The van der Waals surface area contributed by atoms with E-state index in [0.717, 1.165) is 5.56 Å². The zero-order valence-electron chi connectivity index (χ0n) is 11.6. The molecule has 7 heteroatoms. The molecular weight excluding hydrogens is 295 g/mol. The number of nitrogens with one attached hydrogen (secondary N) is 2. The van der Waals surface area contributed by atoms with E-state index in [9.17, 15) is 9.18 Å². The average molecular weight is 313 g/mol. The van der Waals surface area contributed by atoms with E-state index in [4.69, 9.17) is 5.73 Å². The molecule has 1 atom stereocenters. The van der Waals surface area contributed by atoms with Crippen LogP contribution in [0, 0.1) is 11.7 Å². The maximum Gasteiger partial charge on any atom is 0.269 e. The molecule has 0 fully saturated rings. The number of rotatable bonds is 5. The van der Waals surface area contributed by atoms with Gasteiger partial charge in [-0.05, 0) is 42.8 Å². The lowest BCUT2D eigenvalue weighted by atomic mass is 10.1. The third-order valence-electron chi connectivity index (χ3n) is 2.98. The summed E-state index contributed by atoms with van der Waals surface area (Å²) in [6.07, 6.45) is 0. The summed E-state index contributed by atoms with van der Waals surface area (Å²) in [5.74, 6) is -0.317. The van der Waals surface area contributed by atoms with Crippen LogP contribution in [0.15, 0.2) is 30.3 Å². The van der Waals surface area contributed by atoms with Crippen molar-refractivity contribution in [1.29, 1.82) is 0 Å². The molecule has 0 bridgehead atoms. The average Bonchev–Trinajstić information content (AvgIpc) is 2.95. The first-order valence-corrected chi connectivity index (χ1v) is 6.39. The van der Waals surface area contributed by atoms with Gasteiger partial charge in [-0.1, -0.05) is 6.92 Å². The van der Waals surface area contributed by atoms with Gasteiger partial charge < -0.3 is 11.1 Å². The van der Waals surface area contributed by atoms with E-state index in [1.54, 1.807) is 18.2 Å². The molecule has 1 unspecified atom stereocenters. The molecule has 1 heterocycles. The minimum Gasteiger partial charge on any atom is -0.350 e. The third-order valence-corrected chi connectivity index (χ3v) is 2.98. The van der Waals surface area contributed by atoms with Gasteiger partial charge in [0.1, 0.15) is 11.5 Å². The smallest absolute Gasteiger partial charge is 0.269 e. The quantitative estimate of drug-likeness (QED) is 0.789. The molecule has 0 aliphatic heterocycles. The van der Waals surface area contributed by atoms with Crippen molar-refractivity contribution in [2.24, 2.45) is 11.7 Å². The van der Waals surface area contributed by atoms with Crippen LogP contribution in [-0.4, -0.2) is 29.2 Å². The van der Waals surface area contributed by atoms with Gasteiger partial charge in [-0.25, -0.2) is 4.39 Å². The second-order valence-electron chi connectivity index (χ2n) is 4.72. The Morgan fingerprint density at radius 3 is 2.71 bits per heavy atom. The molecule has 0 saturated carbocycles. The Balaban J connectivity index is 0.00000220. The van der Waals surface area contributed by atoms with Gasteiger partial charge >= 0.3 is 0 Å². The summed E-state index contributed by atoms with van der Waals surface area (Å²) in [7, 11) is 0. The summed E-state index contributed by atoms with van der Waals surface area (Å²) in [4.78, 5) is 11.9. The molecule has 1 amide bonds. The second kappa shape index (κ2) is 7.75. The van der Waals surface area contributed by atoms with Crippen LogP contribution in [0.1, 0.15) is 17.4 Å². The van der Waals surface area contributed by atoms with E-state index in [1.807, 2.05) is 6.92 Å². The van der Waals surface area contributed by atoms with E-state index in [1.165, 1.54) is 12.1 Å². The summed E-state index contributed by atoms with van der Waals surface area (Å²) in [5, 5.41) is 9.50. The van der Waals surface area contributed by atoms with Crippen LogP contribution in [0.3, 0.4) is 0 Å². The molecule has 0 saturated heterocycles. The predicted molar refractivity (Wildman–Crippen MR) is 81.8 cm³/mol. The number of nitrogens with zero attached hydrogens (tertiary/aromatic N) is 1. The van der Waals surface area contributed by atoms with Crippen molar-refractivity contribution in [2.75, 3.05) is 13.1 Å². The number of benzene rings is 1. The molecule has 0 aliphatic rings. The topological polar surface area (TPSA) is 83.8 Å². The zero-order valence-corrected chi connectivity index (χ0v) is 12.4. The third kappa shape index (κ3) is 4.54. The Labute approximate surface area is 128 Å². The van der Waals surface area contributed by atoms with Crippen molar-refractivity contribution < 1.29 is 9.18 Å². The lowest BCUT2D eigenvalue weighted by Crippen LogP contribution is -2.31. The van der Waals surface area contributed by atoms with Crippen LogP contribution < -0.4 is 11.1 Å². The summed E-state index contributed by atoms with van der Waals surface area (Å²) in [6.45, 7) is 2.99. The summed E-state index contributed by atoms with van der Waals surface area (Å²) in [5.41, 5.74) is 7.20. The number of H-pyrrole nitrogens is 1. The van der Waals surface area contributed by atoms with E-state index in [2.05, 4.69) is 15.5 Å². The molecule has 4 N–H and O–H groups in total. The van der Waals surface area contributed by atoms with E-state index in [0.29, 0.717) is 24.5 Å². The van der Waals surface area contributed by atoms with Gasteiger partial charge in [0.15, 0.2) is 0 Å². The minimum absolute atomic E-state index is 0. The highest BCUT2D eigenvalue weighted by Crippen LogP contribution is 2.17. The van der Waals surface area contributed by atoms with E-state index < -0.39 is 0 Å². The summed E-state index contributed by atoms with van der Waals surface area (Å²) >= 11 is 0. The van der Waals surface area contributed by atoms with Crippen molar-refractivity contribution in [3.63, 3.8) is 0 Å². The lowest BCUT2D eigenvalue weighted by Gasteiger charge is -2.08. The number of amides is 1. The van der Waals surface area contributed by atoms with E-state index in [-0.39, 0.29) is 30.0 Å². The fraction of sp³-hybridized carbons (Fsp3) is 0.286. The monoisotopic (exact) mass is 312 g/mol. The van der Waals surface area contributed by atoms with Gasteiger partial charge in [0, 0.05) is 12.1 Å². The lowest BCUT2D eigenvalue weighted by molar-refractivity contribution is 0.0943. The van der Waals surface area contributed by atoms with Crippen molar-refractivity contribution in [1.82, 2.24) is 15.5 Å². The Bertz CT molecular complexity index is 585. The van der Waals surface area contributed by atoms with Crippen LogP contribution in [-0.2, 0) is 0 Å². The highest BCUT2D eigenvalue weighted by Gasteiger charge is 2.11. The van der Waals surface area contributed by atoms with Crippen molar-refractivity contribution in [3.8, 4) is 11.3 Å². The Morgan fingerprint density at radius 1 is 1.43 bits per heavy atom. The number of hydrogen-bond donors (Lipinski definition) is 3. The first kappa shape index (κ1) is 17.1. The van der Waals surface area contributed by atoms with Gasteiger partial charge in [0.25, 0.3) is 5.91 Å². The van der Waals surface area contributed by atoms with Gasteiger partial charge in [-0.3, -0.25) is 9.89 Å². The van der Waals surface area contributed by atoms with Gasteiger partial charge in [-0.2, -0.15) is 5.10 Å². The maximum absolute atomic E-state index is 12.8. The van der Waals surface area contributed by atoms with Crippen LogP contribution in [0.5, 0.6) is 0 Å². The van der Waals surface area contributed by atoms with Crippen LogP contribution >= 0.6 is 12.4 Å². The van der Waals surface area contributed by atoms with Crippen LogP contribution in [0.2, 0.25) is 0 Å². The van der Waals surface area contributed by atoms with Gasteiger partial charge in [-0.15, -0.1) is 12.4 Å². The van der Waals surface area contributed by atoms with Gasteiger partial charge in [0.05, 0.1) is 5.69 Å². The molecule has 0 spiro atoms.